The molecular formula is C17H23NO3. The number of aryl methyl sites for hydroxylation is 3. The van der Waals surface area contributed by atoms with E-state index in [9.17, 15) is 14.7 Å². The third-order valence-corrected chi connectivity index (χ3v) is 4.45. The molecular weight excluding hydrogens is 266 g/mol. The highest BCUT2D eigenvalue weighted by Crippen LogP contribution is 2.30. The molecule has 1 fully saturated rings. The highest BCUT2D eigenvalue weighted by atomic mass is 16.4. The van der Waals surface area contributed by atoms with E-state index in [-0.39, 0.29) is 5.91 Å². The van der Waals surface area contributed by atoms with Crippen LogP contribution in [0.4, 0.5) is 0 Å². The van der Waals surface area contributed by atoms with Gasteiger partial charge in [-0.05, 0) is 44.7 Å². The van der Waals surface area contributed by atoms with Crippen molar-refractivity contribution < 1.29 is 14.7 Å². The molecule has 1 aliphatic rings. The van der Waals surface area contributed by atoms with Gasteiger partial charge >= 0.3 is 5.97 Å². The van der Waals surface area contributed by atoms with Crippen LogP contribution >= 0.6 is 0 Å². The number of carbonyl (C=O) groups excluding carboxylic acids is 1. The Morgan fingerprint density at radius 3 is 2.62 bits per heavy atom. The number of carboxylic acids is 1. The van der Waals surface area contributed by atoms with Gasteiger partial charge in [0.25, 0.3) is 0 Å². The molecule has 1 N–H and O–H groups in total. The maximum Gasteiger partial charge on any atom is 0.311 e. The van der Waals surface area contributed by atoms with Crippen molar-refractivity contribution in [3.8, 4) is 0 Å². The smallest absolute Gasteiger partial charge is 0.311 e. The van der Waals surface area contributed by atoms with Gasteiger partial charge in [-0.3, -0.25) is 9.59 Å². The van der Waals surface area contributed by atoms with Gasteiger partial charge in [-0.15, -0.1) is 0 Å². The van der Waals surface area contributed by atoms with Gasteiger partial charge in [0.2, 0.25) is 5.91 Å². The van der Waals surface area contributed by atoms with Crippen LogP contribution in [0.2, 0.25) is 0 Å². The van der Waals surface area contributed by atoms with E-state index in [0.717, 1.165) is 0 Å². The molecule has 1 aromatic carbocycles. The Kier molecular flexibility index (Phi) is 4.35. The van der Waals surface area contributed by atoms with Crippen molar-refractivity contribution in [1.29, 1.82) is 0 Å². The first-order chi connectivity index (χ1) is 9.82. The highest BCUT2D eigenvalue weighted by Gasteiger charge is 2.41. The molecule has 4 heteroatoms. The number of hydrogen-bond donors (Lipinski definition) is 1. The maximum absolute atomic E-state index is 12.2. The van der Waals surface area contributed by atoms with Gasteiger partial charge in [0.15, 0.2) is 0 Å². The predicted molar refractivity (Wildman–Crippen MR) is 81.2 cm³/mol. The van der Waals surface area contributed by atoms with E-state index in [0.29, 0.717) is 32.4 Å². The number of aliphatic carboxylic acids is 1. The first-order valence-corrected chi connectivity index (χ1v) is 7.39. The largest absolute Gasteiger partial charge is 0.481 e. The second kappa shape index (κ2) is 5.88. The number of rotatable bonds is 4. The van der Waals surface area contributed by atoms with Gasteiger partial charge in [0, 0.05) is 19.5 Å². The van der Waals surface area contributed by atoms with E-state index >= 15 is 0 Å². The van der Waals surface area contributed by atoms with Crippen LogP contribution in [0.15, 0.2) is 18.2 Å². The quantitative estimate of drug-likeness (QED) is 0.926. The first kappa shape index (κ1) is 15.5. The van der Waals surface area contributed by atoms with E-state index in [1.165, 1.54) is 16.7 Å². The fourth-order valence-corrected chi connectivity index (χ4v) is 2.87. The molecule has 4 nitrogen and oxygen atoms in total. The molecule has 1 aromatic rings. The summed E-state index contributed by atoms with van der Waals surface area (Å²) in [6.07, 6.45) is 1.70. The van der Waals surface area contributed by atoms with Gasteiger partial charge in [0.1, 0.15) is 0 Å². The lowest BCUT2D eigenvalue weighted by atomic mass is 9.90. The van der Waals surface area contributed by atoms with E-state index < -0.39 is 11.4 Å². The molecule has 0 spiro atoms. The Labute approximate surface area is 125 Å². The summed E-state index contributed by atoms with van der Waals surface area (Å²) >= 11 is 0. The van der Waals surface area contributed by atoms with E-state index in [1.54, 1.807) is 11.8 Å². The molecule has 114 valence electrons. The minimum absolute atomic E-state index is 0.0555. The standard InChI is InChI=1S/C17H23NO3/c1-12-4-5-14(13(2)10-12)6-7-15(19)18-9-8-17(3,11-18)16(20)21/h4-5,10H,6-9,11H2,1-3H3,(H,20,21). The predicted octanol–water partition coefficient (Wildman–Crippen LogP) is 2.56. The monoisotopic (exact) mass is 289 g/mol. The second-order valence-corrected chi connectivity index (χ2v) is 6.36. The van der Waals surface area contributed by atoms with E-state index in [1.807, 2.05) is 0 Å². The number of hydrogen-bond acceptors (Lipinski definition) is 2. The molecule has 0 saturated carbocycles. The number of nitrogens with zero attached hydrogens (tertiary/aromatic N) is 1. The summed E-state index contributed by atoms with van der Waals surface area (Å²) in [7, 11) is 0. The molecule has 1 heterocycles. The van der Waals surface area contributed by atoms with Gasteiger partial charge in [-0.1, -0.05) is 23.8 Å². The summed E-state index contributed by atoms with van der Waals surface area (Å²) in [5.41, 5.74) is 2.84. The molecule has 21 heavy (non-hydrogen) atoms. The normalized spacial score (nSPS) is 21.6. The van der Waals surface area contributed by atoms with Crippen LogP contribution in [0.5, 0.6) is 0 Å². The summed E-state index contributed by atoms with van der Waals surface area (Å²) in [4.78, 5) is 25.1. The summed E-state index contributed by atoms with van der Waals surface area (Å²) in [5.74, 6) is -0.757. The van der Waals surface area contributed by atoms with Crippen LogP contribution in [-0.2, 0) is 16.0 Å². The zero-order valence-electron chi connectivity index (χ0n) is 13.0. The zero-order valence-corrected chi connectivity index (χ0v) is 13.0. The van der Waals surface area contributed by atoms with Crippen LogP contribution in [-0.4, -0.2) is 35.0 Å². The lowest BCUT2D eigenvalue weighted by molar-refractivity contribution is -0.147. The molecule has 1 saturated heterocycles. The van der Waals surface area contributed by atoms with Gasteiger partial charge < -0.3 is 10.0 Å². The van der Waals surface area contributed by atoms with Gasteiger partial charge in [-0.25, -0.2) is 0 Å². The van der Waals surface area contributed by atoms with Crippen LogP contribution in [0, 0.1) is 19.3 Å². The summed E-state index contributed by atoms with van der Waals surface area (Å²) in [6, 6.07) is 6.25. The van der Waals surface area contributed by atoms with Crippen LogP contribution in [0.1, 0.15) is 36.5 Å². The average Bonchev–Trinajstić information content (AvgIpc) is 2.82. The van der Waals surface area contributed by atoms with Crippen molar-refractivity contribution in [2.75, 3.05) is 13.1 Å². The third kappa shape index (κ3) is 3.43. The van der Waals surface area contributed by atoms with Gasteiger partial charge in [-0.2, -0.15) is 0 Å². The fraction of sp³-hybridized carbons (Fsp3) is 0.529. The van der Waals surface area contributed by atoms with Crippen molar-refractivity contribution in [2.45, 2.75) is 40.0 Å². The van der Waals surface area contributed by atoms with Crippen LogP contribution in [0.25, 0.3) is 0 Å². The highest BCUT2D eigenvalue weighted by molar-refractivity contribution is 5.80. The van der Waals surface area contributed by atoms with E-state index in [2.05, 4.69) is 32.0 Å². The molecule has 1 aliphatic heterocycles. The number of carbonyl (C=O) groups is 2. The number of amides is 1. The minimum Gasteiger partial charge on any atom is -0.481 e. The maximum atomic E-state index is 12.2. The van der Waals surface area contributed by atoms with Crippen molar-refractivity contribution in [2.24, 2.45) is 5.41 Å². The Morgan fingerprint density at radius 2 is 2.05 bits per heavy atom. The molecule has 1 unspecified atom stereocenters. The summed E-state index contributed by atoms with van der Waals surface area (Å²) < 4.78 is 0. The lowest BCUT2D eigenvalue weighted by Crippen LogP contribution is -2.34. The lowest BCUT2D eigenvalue weighted by Gasteiger charge is -2.20. The Balaban J connectivity index is 1.93. The van der Waals surface area contributed by atoms with Crippen molar-refractivity contribution in [3.05, 3.63) is 34.9 Å². The molecule has 0 aliphatic carbocycles. The Morgan fingerprint density at radius 1 is 1.33 bits per heavy atom. The third-order valence-electron chi connectivity index (χ3n) is 4.45. The molecule has 1 amide bonds. The second-order valence-electron chi connectivity index (χ2n) is 6.36. The number of likely N-dealkylation sites (tertiary alicyclic amines) is 1. The number of carboxylic acid groups (broad SMARTS) is 1. The molecule has 1 atom stereocenters. The summed E-state index contributed by atoms with van der Waals surface area (Å²) in [6.45, 7) is 6.71. The SMILES string of the molecule is Cc1ccc(CCC(=O)N2CCC(C)(C(=O)O)C2)c(C)c1. The van der Waals surface area contributed by atoms with Crippen molar-refractivity contribution >= 4 is 11.9 Å². The average molecular weight is 289 g/mol. The fourth-order valence-electron chi connectivity index (χ4n) is 2.87. The van der Waals surface area contributed by atoms with Crippen LogP contribution < -0.4 is 0 Å². The minimum atomic E-state index is -0.813. The van der Waals surface area contributed by atoms with E-state index in [4.69, 9.17) is 0 Å². The Bertz CT molecular complexity index is 567. The first-order valence-electron chi connectivity index (χ1n) is 7.39. The summed E-state index contributed by atoms with van der Waals surface area (Å²) in [5, 5.41) is 9.20. The molecule has 2 rings (SSSR count). The van der Waals surface area contributed by atoms with Crippen molar-refractivity contribution in [3.63, 3.8) is 0 Å². The molecule has 0 aromatic heterocycles. The van der Waals surface area contributed by atoms with Crippen molar-refractivity contribution in [1.82, 2.24) is 4.90 Å². The molecule has 0 radical (unpaired) electrons. The Hall–Kier alpha value is -1.84. The number of benzene rings is 1. The molecule has 0 bridgehead atoms. The van der Waals surface area contributed by atoms with Crippen LogP contribution in [0.3, 0.4) is 0 Å². The zero-order chi connectivity index (χ0) is 15.6. The topological polar surface area (TPSA) is 57.6 Å². The van der Waals surface area contributed by atoms with Gasteiger partial charge in [0.05, 0.1) is 5.41 Å².